The molecule has 1 amide bonds. The first-order valence-electron chi connectivity index (χ1n) is 11.6. The van der Waals surface area contributed by atoms with Gasteiger partial charge < -0.3 is 9.26 Å². The number of hydrogen-bond acceptors (Lipinski definition) is 7. The van der Waals surface area contributed by atoms with Crippen LogP contribution in [-0.4, -0.2) is 48.3 Å². The molecule has 0 aliphatic carbocycles. The predicted molar refractivity (Wildman–Crippen MR) is 122 cm³/mol. The minimum Gasteiger partial charge on any atom is -0.444 e. The number of ether oxygens (including phenoxy) is 1. The van der Waals surface area contributed by atoms with Crippen molar-refractivity contribution in [1.82, 2.24) is 30.0 Å². The van der Waals surface area contributed by atoms with Gasteiger partial charge in [-0.15, -0.1) is 5.10 Å². The maximum Gasteiger partial charge on any atom is 0.410 e. The molecule has 33 heavy (non-hydrogen) atoms. The molecule has 0 saturated carbocycles. The van der Waals surface area contributed by atoms with Crippen LogP contribution in [-0.2, 0) is 17.7 Å². The third-order valence-corrected chi connectivity index (χ3v) is 5.54. The minimum absolute atomic E-state index is 0.255. The summed E-state index contributed by atoms with van der Waals surface area (Å²) in [4.78, 5) is 18.8. The molecule has 176 valence electrons. The summed E-state index contributed by atoms with van der Waals surface area (Å²) in [6.45, 7) is 9.03. The Morgan fingerprint density at radius 3 is 2.76 bits per heavy atom. The molecule has 2 aromatic heterocycles. The highest BCUT2D eigenvalue weighted by molar-refractivity contribution is 5.69. The van der Waals surface area contributed by atoms with Crippen molar-refractivity contribution < 1.29 is 14.1 Å². The fraction of sp³-hybridized carbons (Fsp3) is 0.542. The van der Waals surface area contributed by atoms with E-state index in [0.29, 0.717) is 24.8 Å². The van der Waals surface area contributed by atoms with Gasteiger partial charge in [-0.3, -0.25) is 4.90 Å². The number of nitrogens with zero attached hydrogens (tertiary/aromatic N) is 6. The molecular weight excluding hydrogens is 420 g/mol. The van der Waals surface area contributed by atoms with E-state index in [1.807, 2.05) is 55.9 Å². The van der Waals surface area contributed by atoms with Gasteiger partial charge in [-0.05, 0) is 52.0 Å². The van der Waals surface area contributed by atoms with Crippen LogP contribution in [0.5, 0.6) is 0 Å². The summed E-state index contributed by atoms with van der Waals surface area (Å²) in [6, 6.07) is 7.75. The summed E-state index contributed by atoms with van der Waals surface area (Å²) in [5.41, 5.74) is 2.45. The van der Waals surface area contributed by atoms with Crippen LogP contribution in [0.2, 0.25) is 0 Å². The minimum atomic E-state index is -0.546. The Morgan fingerprint density at radius 2 is 2.03 bits per heavy atom. The Labute approximate surface area is 194 Å². The Morgan fingerprint density at radius 1 is 1.24 bits per heavy atom. The van der Waals surface area contributed by atoms with Crippen LogP contribution in [0, 0.1) is 0 Å². The SMILES string of the molecule is CCCCc1cn(Cc2ccc(-c3noc([C@@H]4CCCN4C(=O)OC(C)(C)C)n3)cc2)nn1. The second kappa shape index (κ2) is 9.72. The number of carbonyl (C=O) groups excluding carboxylic acids is 1. The van der Waals surface area contributed by atoms with Crippen molar-refractivity contribution in [3.05, 3.63) is 47.6 Å². The standard InChI is InChI=1S/C24H32N6O3/c1-5-6-8-19-16-29(28-26-19)15-17-10-12-18(13-11-17)21-25-22(33-27-21)20-9-7-14-30(20)23(31)32-24(2,3)4/h10-13,16,20H,5-9,14-15H2,1-4H3/t20-/m0/s1. The maximum atomic E-state index is 12.6. The first-order chi connectivity index (χ1) is 15.8. The zero-order valence-corrected chi connectivity index (χ0v) is 19.8. The molecule has 1 atom stereocenters. The molecule has 9 heteroatoms. The molecule has 0 bridgehead atoms. The first kappa shape index (κ1) is 22.9. The molecule has 0 radical (unpaired) electrons. The van der Waals surface area contributed by atoms with E-state index in [4.69, 9.17) is 9.26 Å². The van der Waals surface area contributed by atoms with Gasteiger partial charge in [0.2, 0.25) is 11.7 Å². The maximum absolute atomic E-state index is 12.6. The van der Waals surface area contributed by atoms with Gasteiger partial charge >= 0.3 is 6.09 Å². The second-order valence-corrected chi connectivity index (χ2v) is 9.50. The highest BCUT2D eigenvalue weighted by Gasteiger charge is 2.36. The lowest BCUT2D eigenvalue weighted by Gasteiger charge is -2.26. The molecule has 3 heterocycles. The number of likely N-dealkylation sites (tertiary alicyclic amines) is 1. The zero-order chi connectivity index (χ0) is 23.4. The Hall–Kier alpha value is -3.23. The van der Waals surface area contributed by atoms with E-state index >= 15 is 0 Å². The fourth-order valence-electron chi connectivity index (χ4n) is 3.88. The van der Waals surface area contributed by atoms with Crippen molar-refractivity contribution >= 4 is 6.09 Å². The van der Waals surface area contributed by atoms with E-state index in [1.54, 1.807) is 4.90 Å². The van der Waals surface area contributed by atoms with Gasteiger partial charge in [0.25, 0.3) is 0 Å². The first-order valence-corrected chi connectivity index (χ1v) is 11.6. The average Bonchev–Trinajstić information content (AvgIpc) is 3.52. The fourth-order valence-corrected chi connectivity index (χ4v) is 3.88. The van der Waals surface area contributed by atoms with Gasteiger partial charge in [0.05, 0.1) is 12.2 Å². The topological polar surface area (TPSA) is 99.2 Å². The quantitative estimate of drug-likeness (QED) is 0.508. The summed E-state index contributed by atoms with van der Waals surface area (Å²) in [5, 5.41) is 12.6. The van der Waals surface area contributed by atoms with Crippen molar-refractivity contribution in [2.24, 2.45) is 0 Å². The summed E-state index contributed by atoms with van der Waals surface area (Å²) in [7, 11) is 0. The summed E-state index contributed by atoms with van der Waals surface area (Å²) in [6.07, 6.45) is 6.54. The van der Waals surface area contributed by atoms with E-state index in [1.165, 1.54) is 0 Å². The molecule has 1 saturated heterocycles. The van der Waals surface area contributed by atoms with Crippen LogP contribution >= 0.6 is 0 Å². The second-order valence-electron chi connectivity index (χ2n) is 9.50. The molecule has 0 spiro atoms. The van der Waals surface area contributed by atoms with E-state index in [0.717, 1.165) is 48.9 Å². The molecule has 9 nitrogen and oxygen atoms in total. The van der Waals surface area contributed by atoms with Crippen molar-refractivity contribution in [3.63, 3.8) is 0 Å². The number of aryl methyl sites for hydroxylation is 1. The zero-order valence-electron chi connectivity index (χ0n) is 19.8. The molecule has 3 aromatic rings. The van der Waals surface area contributed by atoms with Crippen molar-refractivity contribution in [2.45, 2.75) is 78.0 Å². The van der Waals surface area contributed by atoms with Gasteiger partial charge in [-0.2, -0.15) is 4.98 Å². The van der Waals surface area contributed by atoms with Crippen LogP contribution < -0.4 is 0 Å². The van der Waals surface area contributed by atoms with Gasteiger partial charge in [0.1, 0.15) is 11.6 Å². The smallest absolute Gasteiger partial charge is 0.410 e. The number of benzene rings is 1. The molecule has 4 rings (SSSR count). The summed E-state index contributed by atoms with van der Waals surface area (Å²) >= 11 is 0. The molecule has 1 aliphatic heterocycles. The van der Waals surface area contributed by atoms with Crippen LogP contribution in [0.4, 0.5) is 4.79 Å². The number of amides is 1. The van der Waals surface area contributed by atoms with Gasteiger partial charge in [0, 0.05) is 18.3 Å². The molecule has 1 aromatic carbocycles. The molecule has 0 unspecified atom stereocenters. The van der Waals surface area contributed by atoms with Crippen molar-refractivity contribution in [2.75, 3.05) is 6.54 Å². The van der Waals surface area contributed by atoms with Gasteiger partial charge in [-0.1, -0.05) is 48.0 Å². The number of hydrogen-bond donors (Lipinski definition) is 0. The van der Waals surface area contributed by atoms with Crippen LogP contribution in [0.25, 0.3) is 11.4 Å². The largest absolute Gasteiger partial charge is 0.444 e. The number of rotatable bonds is 7. The highest BCUT2D eigenvalue weighted by atomic mass is 16.6. The number of aromatic nitrogens is 5. The van der Waals surface area contributed by atoms with Crippen molar-refractivity contribution in [1.29, 1.82) is 0 Å². The van der Waals surface area contributed by atoms with Crippen LogP contribution in [0.1, 0.15) is 76.6 Å². The van der Waals surface area contributed by atoms with E-state index in [2.05, 4.69) is 27.4 Å². The monoisotopic (exact) mass is 452 g/mol. The lowest BCUT2D eigenvalue weighted by atomic mass is 10.1. The van der Waals surface area contributed by atoms with Crippen molar-refractivity contribution in [3.8, 4) is 11.4 Å². The van der Waals surface area contributed by atoms with Gasteiger partial charge in [-0.25, -0.2) is 9.48 Å². The van der Waals surface area contributed by atoms with E-state index in [-0.39, 0.29) is 12.1 Å². The van der Waals surface area contributed by atoms with Gasteiger partial charge in [0.15, 0.2) is 0 Å². The molecule has 0 N–H and O–H groups in total. The lowest BCUT2D eigenvalue weighted by Crippen LogP contribution is -2.36. The Balaban J connectivity index is 1.41. The molecule has 1 fully saturated rings. The highest BCUT2D eigenvalue weighted by Crippen LogP contribution is 2.33. The Kier molecular flexibility index (Phi) is 6.76. The predicted octanol–water partition coefficient (Wildman–Crippen LogP) is 4.79. The molecule has 1 aliphatic rings. The number of unbranched alkanes of at least 4 members (excludes halogenated alkanes) is 1. The number of carbonyl (C=O) groups is 1. The van der Waals surface area contributed by atoms with Crippen LogP contribution in [0.15, 0.2) is 35.0 Å². The van der Waals surface area contributed by atoms with Crippen LogP contribution in [0.3, 0.4) is 0 Å². The average molecular weight is 453 g/mol. The lowest BCUT2D eigenvalue weighted by molar-refractivity contribution is 0.0199. The summed E-state index contributed by atoms with van der Waals surface area (Å²) in [5.74, 6) is 0.954. The molecular formula is C24H32N6O3. The Bertz CT molecular complexity index is 1070. The summed E-state index contributed by atoms with van der Waals surface area (Å²) < 4.78 is 12.9. The van der Waals surface area contributed by atoms with E-state index < -0.39 is 5.60 Å². The third-order valence-electron chi connectivity index (χ3n) is 5.54. The van der Waals surface area contributed by atoms with E-state index in [9.17, 15) is 4.79 Å². The third kappa shape index (κ3) is 5.77. The normalized spacial score (nSPS) is 16.4.